The van der Waals surface area contributed by atoms with Gasteiger partial charge in [0.25, 0.3) is 0 Å². The molecule has 174 valence electrons. The maximum atomic E-state index is 13.1. The molecule has 1 N–H and O–H groups in total. The highest BCUT2D eigenvalue weighted by Crippen LogP contribution is 2.25. The number of halogens is 1. The highest BCUT2D eigenvalue weighted by Gasteiger charge is 2.28. The fourth-order valence-corrected chi connectivity index (χ4v) is 4.30. The predicted molar refractivity (Wildman–Crippen MR) is 124 cm³/mol. The third-order valence-electron chi connectivity index (χ3n) is 6.11. The van der Waals surface area contributed by atoms with Gasteiger partial charge in [0.15, 0.2) is 0 Å². The molecule has 1 saturated heterocycles. The van der Waals surface area contributed by atoms with Crippen molar-refractivity contribution >= 4 is 5.91 Å². The second-order valence-electron chi connectivity index (χ2n) is 9.17. The summed E-state index contributed by atoms with van der Waals surface area (Å²) in [5.41, 5.74) is 1.88. The lowest BCUT2D eigenvalue weighted by molar-refractivity contribution is -0.127. The topological polar surface area (TPSA) is 71.3 Å². The standard InChI is InChI=1S/C26H31FN4O2/c1-18(2)16-23(19-6-4-3-5-7-19)28-26(32)21-12-14-31(15-13-21)17-24-29-25(30-33-24)20-8-10-22(27)11-9-20/h3-11,18,21,23H,12-17H2,1-2H3,(H,28,32). The first-order valence-electron chi connectivity index (χ1n) is 11.6. The van der Waals surface area contributed by atoms with E-state index in [1.165, 1.54) is 12.1 Å². The SMILES string of the molecule is CC(C)CC(NC(=O)C1CCN(Cc2nc(-c3ccc(F)cc3)no2)CC1)c1ccccc1. The highest BCUT2D eigenvalue weighted by atomic mass is 19.1. The summed E-state index contributed by atoms with van der Waals surface area (Å²) in [6, 6.07) is 16.3. The number of hydrogen-bond donors (Lipinski definition) is 1. The number of hydrogen-bond acceptors (Lipinski definition) is 5. The number of nitrogens with one attached hydrogen (secondary N) is 1. The molecule has 1 fully saturated rings. The lowest BCUT2D eigenvalue weighted by atomic mass is 9.93. The molecule has 1 aromatic heterocycles. The van der Waals surface area contributed by atoms with E-state index in [4.69, 9.17) is 4.52 Å². The number of carbonyl (C=O) groups is 1. The van der Waals surface area contributed by atoms with Crippen LogP contribution in [0.5, 0.6) is 0 Å². The van der Waals surface area contributed by atoms with Gasteiger partial charge in [0.05, 0.1) is 12.6 Å². The van der Waals surface area contributed by atoms with Gasteiger partial charge >= 0.3 is 0 Å². The molecular weight excluding hydrogens is 419 g/mol. The Hall–Kier alpha value is -3.06. The second-order valence-corrected chi connectivity index (χ2v) is 9.17. The summed E-state index contributed by atoms with van der Waals surface area (Å²) in [4.78, 5) is 19.7. The maximum Gasteiger partial charge on any atom is 0.241 e. The first-order valence-corrected chi connectivity index (χ1v) is 11.6. The Balaban J connectivity index is 1.29. The van der Waals surface area contributed by atoms with E-state index < -0.39 is 0 Å². The molecule has 0 aliphatic carbocycles. The first kappa shape index (κ1) is 23.1. The lowest BCUT2D eigenvalue weighted by Gasteiger charge is -2.31. The summed E-state index contributed by atoms with van der Waals surface area (Å²) >= 11 is 0. The quantitative estimate of drug-likeness (QED) is 0.523. The van der Waals surface area contributed by atoms with Crippen molar-refractivity contribution in [2.75, 3.05) is 13.1 Å². The molecule has 7 heteroatoms. The summed E-state index contributed by atoms with van der Waals surface area (Å²) < 4.78 is 18.5. The number of nitrogens with zero attached hydrogens (tertiary/aromatic N) is 3. The maximum absolute atomic E-state index is 13.1. The normalized spacial score (nSPS) is 16.1. The molecule has 1 atom stereocenters. The van der Waals surface area contributed by atoms with E-state index in [0.29, 0.717) is 24.2 Å². The van der Waals surface area contributed by atoms with Gasteiger partial charge in [0.2, 0.25) is 17.6 Å². The summed E-state index contributed by atoms with van der Waals surface area (Å²) in [6.45, 7) is 6.50. The summed E-state index contributed by atoms with van der Waals surface area (Å²) in [5, 5.41) is 7.31. The van der Waals surface area contributed by atoms with Crippen LogP contribution >= 0.6 is 0 Å². The number of benzene rings is 2. The van der Waals surface area contributed by atoms with Crippen LogP contribution in [-0.2, 0) is 11.3 Å². The van der Waals surface area contributed by atoms with Gasteiger partial charge in [-0.05, 0) is 68.1 Å². The highest BCUT2D eigenvalue weighted by molar-refractivity contribution is 5.79. The van der Waals surface area contributed by atoms with Crippen molar-refractivity contribution in [2.24, 2.45) is 11.8 Å². The molecule has 0 saturated carbocycles. The molecule has 2 aromatic carbocycles. The Bertz CT molecular complexity index is 1030. The number of amides is 1. The molecule has 4 rings (SSSR count). The largest absolute Gasteiger partial charge is 0.349 e. The summed E-state index contributed by atoms with van der Waals surface area (Å²) in [7, 11) is 0. The van der Waals surface area contributed by atoms with Crippen LogP contribution in [0.3, 0.4) is 0 Å². The van der Waals surface area contributed by atoms with E-state index in [0.717, 1.165) is 43.5 Å². The van der Waals surface area contributed by atoms with Crippen molar-refractivity contribution in [3.63, 3.8) is 0 Å². The summed E-state index contributed by atoms with van der Waals surface area (Å²) in [6.07, 6.45) is 2.52. The van der Waals surface area contributed by atoms with Gasteiger partial charge in [-0.15, -0.1) is 0 Å². The Kier molecular flexibility index (Phi) is 7.50. The van der Waals surface area contributed by atoms with Crippen LogP contribution in [0.25, 0.3) is 11.4 Å². The first-order chi connectivity index (χ1) is 16.0. The van der Waals surface area contributed by atoms with E-state index in [1.54, 1.807) is 12.1 Å². The van der Waals surface area contributed by atoms with Crippen molar-refractivity contribution in [3.8, 4) is 11.4 Å². The van der Waals surface area contributed by atoms with E-state index in [2.05, 4.69) is 46.3 Å². The number of likely N-dealkylation sites (tertiary alicyclic amines) is 1. The Morgan fingerprint density at radius 1 is 1.12 bits per heavy atom. The van der Waals surface area contributed by atoms with Crippen LogP contribution in [-0.4, -0.2) is 34.0 Å². The molecule has 2 heterocycles. The molecule has 6 nitrogen and oxygen atoms in total. The summed E-state index contributed by atoms with van der Waals surface area (Å²) in [5.74, 6) is 1.33. The van der Waals surface area contributed by atoms with Crippen LogP contribution in [0, 0.1) is 17.7 Å². The van der Waals surface area contributed by atoms with Gasteiger partial charge in [-0.2, -0.15) is 4.98 Å². The van der Waals surface area contributed by atoms with Crippen molar-refractivity contribution in [3.05, 3.63) is 71.9 Å². The van der Waals surface area contributed by atoms with Crippen LogP contribution in [0.2, 0.25) is 0 Å². The molecule has 0 spiro atoms. The van der Waals surface area contributed by atoms with Gasteiger partial charge in [-0.3, -0.25) is 9.69 Å². The minimum atomic E-state index is -0.298. The molecular formula is C26H31FN4O2. The molecule has 1 unspecified atom stereocenters. The lowest BCUT2D eigenvalue weighted by Crippen LogP contribution is -2.41. The van der Waals surface area contributed by atoms with Gasteiger partial charge < -0.3 is 9.84 Å². The van der Waals surface area contributed by atoms with Gasteiger partial charge in [0, 0.05) is 11.5 Å². The Morgan fingerprint density at radius 2 is 1.82 bits per heavy atom. The van der Waals surface area contributed by atoms with Crippen molar-refractivity contribution < 1.29 is 13.7 Å². The Morgan fingerprint density at radius 3 is 2.48 bits per heavy atom. The van der Waals surface area contributed by atoms with Gasteiger partial charge in [-0.1, -0.05) is 49.3 Å². The van der Waals surface area contributed by atoms with Crippen LogP contribution in [0.1, 0.15) is 50.6 Å². The van der Waals surface area contributed by atoms with E-state index in [1.807, 2.05) is 18.2 Å². The van der Waals surface area contributed by atoms with Crippen molar-refractivity contribution in [1.82, 2.24) is 20.4 Å². The minimum absolute atomic E-state index is 0.0112. The van der Waals surface area contributed by atoms with Crippen LogP contribution < -0.4 is 5.32 Å². The average molecular weight is 451 g/mol. The molecule has 3 aromatic rings. The van der Waals surface area contributed by atoms with E-state index in [-0.39, 0.29) is 23.7 Å². The molecule has 1 aliphatic heterocycles. The third-order valence-corrected chi connectivity index (χ3v) is 6.11. The van der Waals surface area contributed by atoms with E-state index in [9.17, 15) is 9.18 Å². The zero-order chi connectivity index (χ0) is 23.2. The molecule has 0 bridgehead atoms. The van der Waals surface area contributed by atoms with Crippen molar-refractivity contribution in [1.29, 1.82) is 0 Å². The molecule has 0 radical (unpaired) electrons. The predicted octanol–water partition coefficient (Wildman–Crippen LogP) is 4.99. The van der Waals surface area contributed by atoms with Gasteiger partial charge in [0.1, 0.15) is 5.82 Å². The molecule has 1 aliphatic rings. The fourth-order valence-electron chi connectivity index (χ4n) is 4.30. The van der Waals surface area contributed by atoms with Crippen molar-refractivity contribution in [2.45, 2.75) is 45.7 Å². The average Bonchev–Trinajstić information content (AvgIpc) is 3.28. The monoisotopic (exact) mass is 450 g/mol. The Labute approximate surface area is 194 Å². The second kappa shape index (κ2) is 10.7. The number of carbonyl (C=O) groups excluding carboxylic acids is 1. The minimum Gasteiger partial charge on any atom is -0.349 e. The van der Waals surface area contributed by atoms with Crippen LogP contribution in [0.4, 0.5) is 4.39 Å². The van der Waals surface area contributed by atoms with Gasteiger partial charge in [-0.25, -0.2) is 4.39 Å². The number of piperidine rings is 1. The fraction of sp³-hybridized carbons (Fsp3) is 0.423. The zero-order valence-electron chi connectivity index (χ0n) is 19.2. The molecule has 33 heavy (non-hydrogen) atoms. The zero-order valence-corrected chi connectivity index (χ0v) is 19.2. The van der Waals surface area contributed by atoms with Crippen LogP contribution in [0.15, 0.2) is 59.1 Å². The smallest absolute Gasteiger partial charge is 0.241 e. The van der Waals surface area contributed by atoms with E-state index >= 15 is 0 Å². The molecule has 1 amide bonds. The number of aromatic nitrogens is 2. The number of rotatable bonds is 8. The third kappa shape index (κ3) is 6.26.